The van der Waals surface area contributed by atoms with Gasteiger partial charge >= 0.3 is 6.03 Å². The van der Waals surface area contributed by atoms with Gasteiger partial charge in [-0.3, -0.25) is 4.90 Å². The molecule has 0 saturated carbocycles. The lowest BCUT2D eigenvalue weighted by atomic mass is 10.0. The van der Waals surface area contributed by atoms with E-state index >= 15 is 0 Å². The molecule has 0 aliphatic rings. The standard InChI is InChI=1S/C18H30N4O/c1-7-13-11-10-12-14(8-2)15(13)20-16(19)22(9-3)17(23)21-18(4,5)6/h10-12H,7-9H2,1-6H3,(H2,19,20)(H,21,23). The van der Waals surface area contributed by atoms with Crippen LogP contribution in [0.25, 0.3) is 0 Å². The van der Waals surface area contributed by atoms with Crippen LogP contribution in [-0.2, 0) is 12.8 Å². The fourth-order valence-corrected chi connectivity index (χ4v) is 2.33. The summed E-state index contributed by atoms with van der Waals surface area (Å²) in [6.07, 6.45) is 1.75. The monoisotopic (exact) mass is 318 g/mol. The van der Waals surface area contributed by atoms with Crippen molar-refractivity contribution >= 4 is 17.7 Å². The Morgan fingerprint density at radius 1 is 1.17 bits per heavy atom. The van der Waals surface area contributed by atoms with Gasteiger partial charge in [0.25, 0.3) is 0 Å². The molecule has 0 heterocycles. The number of nitrogens with one attached hydrogen (secondary N) is 1. The van der Waals surface area contributed by atoms with Crippen LogP contribution in [0.15, 0.2) is 23.2 Å². The van der Waals surface area contributed by atoms with Gasteiger partial charge in [-0.2, -0.15) is 0 Å². The third-order valence-electron chi connectivity index (χ3n) is 3.51. The Labute approximate surface area is 140 Å². The highest BCUT2D eigenvalue weighted by molar-refractivity contribution is 5.97. The number of carbonyl (C=O) groups is 1. The second-order valence-corrected chi connectivity index (χ2v) is 6.53. The van der Waals surface area contributed by atoms with Crippen molar-refractivity contribution in [3.63, 3.8) is 0 Å². The molecule has 0 unspecified atom stereocenters. The molecule has 0 aromatic heterocycles. The Morgan fingerprint density at radius 2 is 1.70 bits per heavy atom. The zero-order valence-electron chi connectivity index (χ0n) is 15.2. The number of hydrogen-bond acceptors (Lipinski definition) is 2. The first-order chi connectivity index (χ1) is 10.7. The average Bonchev–Trinajstić information content (AvgIpc) is 2.46. The van der Waals surface area contributed by atoms with Crippen molar-refractivity contribution in [2.45, 2.75) is 59.9 Å². The molecule has 0 bridgehead atoms. The topological polar surface area (TPSA) is 70.7 Å². The van der Waals surface area contributed by atoms with Crippen molar-refractivity contribution < 1.29 is 4.79 Å². The van der Waals surface area contributed by atoms with Crippen LogP contribution in [0.3, 0.4) is 0 Å². The van der Waals surface area contributed by atoms with E-state index in [9.17, 15) is 4.79 Å². The second kappa shape index (κ2) is 7.99. The number of benzene rings is 1. The van der Waals surface area contributed by atoms with Crippen molar-refractivity contribution in [2.75, 3.05) is 6.54 Å². The van der Waals surface area contributed by atoms with Crippen molar-refractivity contribution in [1.29, 1.82) is 0 Å². The van der Waals surface area contributed by atoms with E-state index in [2.05, 4.69) is 36.3 Å². The molecular formula is C18H30N4O. The number of nitrogens with two attached hydrogens (primary N) is 1. The minimum absolute atomic E-state index is 0.227. The number of aliphatic imine (C=N–C) groups is 1. The molecule has 3 N–H and O–H groups in total. The van der Waals surface area contributed by atoms with Gasteiger partial charge in [0.05, 0.1) is 5.69 Å². The van der Waals surface area contributed by atoms with Gasteiger partial charge in [-0.05, 0) is 51.7 Å². The molecule has 2 amide bonds. The Hall–Kier alpha value is -2.04. The van der Waals surface area contributed by atoms with Gasteiger partial charge in [0, 0.05) is 12.1 Å². The largest absolute Gasteiger partial charge is 0.369 e. The van der Waals surface area contributed by atoms with Crippen LogP contribution < -0.4 is 11.1 Å². The fourth-order valence-electron chi connectivity index (χ4n) is 2.33. The third kappa shape index (κ3) is 5.27. The number of aryl methyl sites for hydroxylation is 2. The van der Waals surface area contributed by atoms with Gasteiger partial charge in [-0.15, -0.1) is 0 Å². The van der Waals surface area contributed by atoms with Gasteiger partial charge in [-0.25, -0.2) is 9.79 Å². The smallest absolute Gasteiger partial charge is 0.324 e. The van der Waals surface area contributed by atoms with Gasteiger partial charge in [-0.1, -0.05) is 32.0 Å². The molecule has 0 atom stereocenters. The first kappa shape index (κ1) is 19.0. The van der Waals surface area contributed by atoms with Crippen LogP contribution >= 0.6 is 0 Å². The number of hydrogen-bond donors (Lipinski definition) is 2. The Bertz CT molecular complexity index is 551. The number of carbonyl (C=O) groups excluding carboxylic acids is 1. The molecule has 0 radical (unpaired) electrons. The summed E-state index contributed by atoms with van der Waals surface area (Å²) in [5.74, 6) is 0.227. The number of para-hydroxylation sites is 1. The number of rotatable bonds is 4. The zero-order valence-corrected chi connectivity index (χ0v) is 15.2. The molecule has 0 aliphatic heterocycles. The van der Waals surface area contributed by atoms with Gasteiger partial charge in [0.2, 0.25) is 5.96 Å². The molecule has 23 heavy (non-hydrogen) atoms. The maximum absolute atomic E-state index is 12.4. The summed E-state index contributed by atoms with van der Waals surface area (Å²) >= 11 is 0. The summed E-state index contributed by atoms with van der Waals surface area (Å²) in [5.41, 5.74) is 8.99. The van der Waals surface area contributed by atoms with Crippen LogP contribution in [0, 0.1) is 0 Å². The van der Waals surface area contributed by atoms with E-state index in [0.717, 1.165) is 29.7 Å². The summed E-state index contributed by atoms with van der Waals surface area (Å²) in [6, 6.07) is 5.91. The van der Waals surface area contributed by atoms with Crippen molar-refractivity contribution in [3.05, 3.63) is 29.3 Å². The van der Waals surface area contributed by atoms with E-state index in [1.807, 2.05) is 33.8 Å². The lowest BCUT2D eigenvalue weighted by Crippen LogP contribution is -2.52. The number of urea groups is 1. The number of guanidine groups is 1. The highest BCUT2D eigenvalue weighted by Crippen LogP contribution is 2.26. The summed E-state index contributed by atoms with van der Waals surface area (Å²) in [4.78, 5) is 18.4. The molecule has 5 heteroatoms. The highest BCUT2D eigenvalue weighted by Gasteiger charge is 2.21. The van der Waals surface area contributed by atoms with Gasteiger partial charge in [0.1, 0.15) is 0 Å². The minimum atomic E-state index is -0.319. The molecule has 0 spiro atoms. The quantitative estimate of drug-likeness (QED) is 0.658. The van der Waals surface area contributed by atoms with Gasteiger partial charge < -0.3 is 11.1 Å². The first-order valence-corrected chi connectivity index (χ1v) is 8.28. The SMILES string of the molecule is CCc1cccc(CC)c1N=C(N)N(CC)C(=O)NC(C)(C)C. The minimum Gasteiger partial charge on any atom is -0.369 e. The Balaban J connectivity index is 3.18. The molecule has 0 fully saturated rings. The maximum Gasteiger partial charge on any atom is 0.324 e. The summed E-state index contributed by atoms with van der Waals surface area (Å²) in [5, 5.41) is 2.92. The number of amides is 2. The summed E-state index contributed by atoms with van der Waals surface area (Å²) in [7, 11) is 0. The summed E-state index contributed by atoms with van der Waals surface area (Å²) < 4.78 is 0. The highest BCUT2D eigenvalue weighted by atomic mass is 16.2. The average molecular weight is 318 g/mol. The Kier molecular flexibility index (Phi) is 6.61. The van der Waals surface area contributed by atoms with Crippen LogP contribution in [0.2, 0.25) is 0 Å². The van der Waals surface area contributed by atoms with E-state index < -0.39 is 0 Å². The molecule has 1 aromatic rings. The lowest BCUT2D eigenvalue weighted by molar-refractivity contribution is 0.212. The normalized spacial score (nSPS) is 12.2. The third-order valence-corrected chi connectivity index (χ3v) is 3.51. The second-order valence-electron chi connectivity index (χ2n) is 6.53. The van der Waals surface area contributed by atoms with Crippen LogP contribution in [0.5, 0.6) is 0 Å². The predicted octanol–water partition coefficient (Wildman–Crippen LogP) is 3.59. The van der Waals surface area contributed by atoms with Crippen LogP contribution in [0.1, 0.15) is 52.7 Å². The zero-order chi connectivity index (χ0) is 17.6. The fraction of sp³-hybridized carbons (Fsp3) is 0.556. The van der Waals surface area contributed by atoms with Crippen LogP contribution in [-0.4, -0.2) is 29.0 Å². The van der Waals surface area contributed by atoms with E-state index in [1.165, 1.54) is 4.90 Å². The molecule has 1 rings (SSSR count). The van der Waals surface area contributed by atoms with E-state index in [4.69, 9.17) is 5.73 Å². The molecular weight excluding hydrogens is 288 g/mol. The molecule has 0 saturated heterocycles. The first-order valence-electron chi connectivity index (χ1n) is 8.28. The van der Waals surface area contributed by atoms with Crippen molar-refractivity contribution in [2.24, 2.45) is 10.7 Å². The van der Waals surface area contributed by atoms with Crippen molar-refractivity contribution in [1.82, 2.24) is 10.2 Å². The van der Waals surface area contributed by atoms with E-state index in [-0.39, 0.29) is 17.5 Å². The van der Waals surface area contributed by atoms with Gasteiger partial charge in [0.15, 0.2) is 0 Å². The molecule has 5 nitrogen and oxygen atoms in total. The van der Waals surface area contributed by atoms with Crippen molar-refractivity contribution in [3.8, 4) is 0 Å². The molecule has 0 aliphatic carbocycles. The van der Waals surface area contributed by atoms with Crippen LogP contribution in [0.4, 0.5) is 10.5 Å². The number of nitrogens with zero attached hydrogens (tertiary/aromatic N) is 2. The van der Waals surface area contributed by atoms with E-state index in [0.29, 0.717) is 6.54 Å². The molecule has 1 aromatic carbocycles. The predicted molar refractivity (Wildman–Crippen MR) is 97.1 cm³/mol. The summed E-state index contributed by atoms with van der Waals surface area (Å²) in [6.45, 7) is 12.3. The molecule has 128 valence electrons. The lowest BCUT2D eigenvalue weighted by Gasteiger charge is -2.27. The van der Waals surface area contributed by atoms with E-state index in [1.54, 1.807) is 0 Å². The Morgan fingerprint density at radius 3 is 2.09 bits per heavy atom. The maximum atomic E-state index is 12.4.